The Balaban J connectivity index is 2.32. The second-order valence-corrected chi connectivity index (χ2v) is 3.18. The fourth-order valence-electron chi connectivity index (χ4n) is 1.66. The second-order valence-electron chi connectivity index (χ2n) is 3.18. The molecule has 0 spiro atoms. The van der Waals surface area contributed by atoms with Crippen LogP contribution >= 0.6 is 0 Å². The number of halogens is 3. The molecule has 0 heterocycles. The molecule has 0 aromatic heterocycles. The smallest absolute Gasteiger partial charge is 0.241 e. The Bertz CT molecular complexity index is 108. The maximum atomic E-state index is 12.7. The average molecular weight is 166 g/mol. The topological polar surface area (TPSA) is 0 Å². The molecule has 0 radical (unpaired) electrons. The first-order valence-corrected chi connectivity index (χ1v) is 4.14. The molecule has 1 aliphatic rings. The van der Waals surface area contributed by atoms with E-state index in [1.165, 1.54) is 0 Å². The molecule has 0 N–H and O–H groups in total. The number of hydrogen-bond acceptors (Lipinski definition) is 0. The Kier molecular flexibility index (Phi) is 3.21. The van der Waals surface area contributed by atoms with Crippen LogP contribution in [0.2, 0.25) is 0 Å². The summed E-state index contributed by atoms with van der Waals surface area (Å²) in [6.45, 7) is 0. The van der Waals surface area contributed by atoms with Gasteiger partial charge in [0.15, 0.2) is 6.17 Å². The van der Waals surface area contributed by atoms with Crippen LogP contribution in [0.4, 0.5) is 13.2 Å². The number of hydrogen-bond donors (Lipinski definition) is 0. The van der Waals surface area contributed by atoms with Gasteiger partial charge in [-0.05, 0) is 18.8 Å². The van der Waals surface area contributed by atoms with Crippen molar-refractivity contribution in [3.8, 4) is 0 Å². The van der Waals surface area contributed by atoms with E-state index < -0.39 is 12.6 Å². The Morgan fingerprint density at radius 3 is 1.91 bits per heavy atom. The highest BCUT2D eigenvalue weighted by molar-refractivity contribution is 4.74. The summed E-state index contributed by atoms with van der Waals surface area (Å²) in [6, 6.07) is 0. The lowest BCUT2D eigenvalue weighted by Gasteiger charge is -2.24. The van der Waals surface area contributed by atoms with Gasteiger partial charge in [0.2, 0.25) is 0 Å². The van der Waals surface area contributed by atoms with Crippen molar-refractivity contribution in [2.45, 2.75) is 44.7 Å². The predicted molar refractivity (Wildman–Crippen MR) is 37.5 cm³/mol. The lowest BCUT2D eigenvalue weighted by Crippen LogP contribution is -2.25. The van der Waals surface area contributed by atoms with Gasteiger partial charge in [-0.3, -0.25) is 0 Å². The van der Waals surface area contributed by atoms with E-state index in [1.54, 1.807) is 0 Å². The lowest BCUT2D eigenvalue weighted by atomic mass is 9.86. The van der Waals surface area contributed by atoms with Crippen LogP contribution in [0.3, 0.4) is 0 Å². The molecule has 1 saturated carbocycles. The minimum atomic E-state index is -2.78. The summed E-state index contributed by atoms with van der Waals surface area (Å²) in [5, 5.41) is 0. The van der Waals surface area contributed by atoms with Crippen molar-refractivity contribution in [2.24, 2.45) is 5.92 Å². The Morgan fingerprint density at radius 1 is 0.909 bits per heavy atom. The van der Waals surface area contributed by atoms with Gasteiger partial charge in [0.25, 0.3) is 6.43 Å². The zero-order chi connectivity index (χ0) is 8.27. The van der Waals surface area contributed by atoms with E-state index in [1.807, 2.05) is 0 Å². The SMILES string of the molecule is FC(F)C(F)C1CCCCC1. The van der Waals surface area contributed by atoms with Crippen LogP contribution in [0.25, 0.3) is 0 Å². The van der Waals surface area contributed by atoms with Gasteiger partial charge in [-0.2, -0.15) is 0 Å². The van der Waals surface area contributed by atoms with Crippen LogP contribution in [-0.2, 0) is 0 Å². The molecule has 0 aromatic rings. The van der Waals surface area contributed by atoms with E-state index in [4.69, 9.17) is 0 Å². The largest absolute Gasteiger partial charge is 0.269 e. The van der Waals surface area contributed by atoms with Crippen molar-refractivity contribution in [3.05, 3.63) is 0 Å². The van der Waals surface area contributed by atoms with E-state index in [2.05, 4.69) is 0 Å². The molecule has 0 nitrogen and oxygen atoms in total. The van der Waals surface area contributed by atoms with Gasteiger partial charge < -0.3 is 0 Å². The van der Waals surface area contributed by atoms with Gasteiger partial charge in [0, 0.05) is 0 Å². The molecule has 0 bridgehead atoms. The highest BCUT2D eigenvalue weighted by atomic mass is 19.3. The molecule has 3 heteroatoms. The van der Waals surface area contributed by atoms with E-state index in [9.17, 15) is 13.2 Å². The van der Waals surface area contributed by atoms with Gasteiger partial charge in [-0.15, -0.1) is 0 Å². The summed E-state index contributed by atoms with van der Waals surface area (Å²) in [5.41, 5.74) is 0. The first-order valence-electron chi connectivity index (χ1n) is 4.14. The minimum absolute atomic E-state index is 0.372. The molecule has 1 rings (SSSR count). The van der Waals surface area contributed by atoms with Crippen molar-refractivity contribution in [2.75, 3.05) is 0 Å². The summed E-state index contributed by atoms with van der Waals surface area (Å²) in [6.07, 6.45) is -0.465. The maximum Gasteiger partial charge on any atom is 0.269 e. The fraction of sp³-hybridized carbons (Fsp3) is 1.00. The quantitative estimate of drug-likeness (QED) is 0.591. The van der Waals surface area contributed by atoms with Gasteiger partial charge in [-0.25, -0.2) is 13.2 Å². The summed E-state index contributed by atoms with van der Waals surface area (Å²) in [5.74, 6) is -0.372. The molecule has 0 saturated heterocycles. The first-order chi connectivity index (χ1) is 5.22. The third kappa shape index (κ3) is 2.38. The van der Waals surface area contributed by atoms with Crippen LogP contribution in [0, 0.1) is 5.92 Å². The van der Waals surface area contributed by atoms with E-state index in [0.717, 1.165) is 19.3 Å². The summed E-state index contributed by atoms with van der Waals surface area (Å²) in [7, 11) is 0. The third-order valence-corrected chi connectivity index (χ3v) is 2.34. The van der Waals surface area contributed by atoms with Crippen molar-refractivity contribution in [3.63, 3.8) is 0 Å². The van der Waals surface area contributed by atoms with E-state index in [0.29, 0.717) is 12.8 Å². The monoisotopic (exact) mass is 166 g/mol. The van der Waals surface area contributed by atoms with Crippen molar-refractivity contribution in [1.29, 1.82) is 0 Å². The van der Waals surface area contributed by atoms with Crippen LogP contribution in [0.15, 0.2) is 0 Å². The van der Waals surface area contributed by atoms with Crippen LogP contribution < -0.4 is 0 Å². The average Bonchev–Trinajstić information content (AvgIpc) is 2.05. The Morgan fingerprint density at radius 2 is 1.45 bits per heavy atom. The third-order valence-electron chi connectivity index (χ3n) is 2.34. The molecule has 1 unspecified atom stereocenters. The maximum absolute atomic E-state index is 12.7. The predicted octanol–water partition coefficient (Wildman–Crippen LogP) is 3.17. The normalized spacial score (nSPS) is 24.0. The second kappa shape index (κ2) is 3.98. The molecule has 0 aromatic carbocycles. The molecule has 1 aliphatic carbocycles. The number of rotatable bonds is 2. The molecule has 66 valence electrons. The fourth-order valence-corrected chi connectivity index (χ4v) is 1.66. The van der Waals surface area contributed by atoms with Crippen LogP contribution in [0.5, 0.6) is 0 Å². The summed E-state index contributed by atoms with van der Waals surface area (Å²) in [4.78, 5) is 0. The molecule has 1 fully saturated rings. The number of alkyl halides is 3. The highest BCUT2D eigenvalue weighted by Crippen LogP contribution is 2.30. The standard InChI is InChI=1S/C8H13F3/c9-7(8(10)11)6-4-2-1-3-5-6/h6-8H,1-5H2. The molecule has 11 heavy (non-hydrogen) atoms. The Labute approximate surface area is 64.8 Å². The zero-order valence-corrected chi connectivity index (χ0v) is 6.40. The molecule has 0 amide bonds. The molecule has 1 atom stereocenters. The van der Waals surface area contributed by atoms with Crippen molar-refractivity contribution < 1.29 is 13.2 Å². The highest BCUT2D eigenvalue weighted by Gasteiger charge is 2.30. The molecule has 0 aliphatic heterocycles. The van der Waals surface area contributed by atoms with Gasteiger partial charge in [0.05, 0.1) is 0 Å². The van der Waals surface area contributed by atoms with Gasteiger partial charge >= 0.3 is 0 Å². The van der Waals surface area contributed by atoms with E-state index in [-0.39, 0.29) is 5.92 Å². The van der Waals surface area contributed by atoms with E-state index >= 15 is 0 Å². The van der Waals surface area contributed by atoms with Crippen LogP contribution in [0.1, 0.15) is 32.1 Å². The molecular formula is C8H13F3. The lowest BCUT2D eigenvalue weighted by molar-refractivity contribution is 0.00590. The minimum Gasteiger partial charge on any atom is -0.241 e. The molecular weight excluding hydrogens is 153 g/mol. The first kappa shape index (κ1) is 8.88. The summed E-state index contributed by atoms with van der Waals surface area (Å²) >= 11 is 0. The Hall–Kier alpha value is -0.210. The van der Waals surface area contributed by atoms with Crippen molar-refractivity contribution in [1.82, 2.24) is 0 Å². The zero-order valence-electron chi connectivity index (χ0n) is 6.40. The van der Waals surface area contributed by atoms with Gasteiger partial charge in [0.1, 0.15) is 0 Å². The summed E-state index contributed by atoms with van der Waals surface area (Å²) < 4.78 is 36.3. The van der Waals surface area contributed by atoms with Gasteiger partial charge in [-0.1, -0.05) is 19.3 Å². The van der Waals surface area contributed by atoms with Crippen LogP contribution in [-0.4, -0.2) is 12.6 Å². The van der Waals surface area contributed by atoms with Crippen molar-refractivity contribution >= 4 is 0 Å².